The second-order valence-corrected chi connectivity index (χ2v) is 10.4. The van der Waals surface area contributed by atoms with Gasteiger partial charge in [0.15, 0.2) is 0 Å². The van der Waals surface area contributed by atoms with Crippen molar-refractivity contribution in [2.24, 2.45) is 0 Å². The summed E-state index contributed by atoms with van der Waals surface area (Å²) in [6.45, 7) is 6.57. The topological polar surface area (TPSA) is 0 Å². The van der Waals surface area contributed by atoms with Gasteiger partial charge in [0.25, 0.3) is 0 Å². The molecule has 0 saturated heterocycles. The molecule has 0 atom stereocenters. The Morgan fingerprint density at radius 1 is 0.944 bits per heavy atom. The molecule has 0 aliphatic rings. The first kappa shape index (κ1) is 13.9. The van der Waals surface area contributed by atoms with Crippen LogP contribution in [0.2, 0.25) is 0 Å². The predicted molar refractivity (Wildman–Crippen MR) is 89.0 cm³/mol. The summed E-state index contributed by atoms with van der Waals surface area (Å²) in [7, 11) is 6.73. The molecule has 0 amide bonds. The van der Waals surface area contributed by atoms with Crippen molar-refractivity contribution in [1.82, 2.24) is 0 Å². The third kappa shape index (κ3) is 3.07. The molecule has 0 spiro atoms. The van der Waals surface area contributed by atoms with Gasteiger partial charge in [-0.2, -0.15) is 0 Å². The number of halogens is 2. The van der Waals surface area contributed by atoms with E-state index in [1.807, 2.05) is 0 Å². The molecule has 0 bridgehead atoms. The molecule has 0 unspecified atom stereocenters. The number of hydrogen-bond acceptors (Lipinski definition) is 0. The molecule has 0 nitrogen and oxygen atoms in total. The zero-order chi connectivity index (χ0) is 13.1. The quantitative estimate of drug-likeness (QED) is 0.596. The summed E-state index contributed by atoms with van der Waals surface area (Å²) in [5, 5.41) is 0. The van der Waals surface area contributed by atoms with Crippen molar-refractivity contribution in [3.8, 4) is 0 Å². The fraction of sp³-hybridized carbons (Fsp3) is 0.250. The summed E-state index contributed by atoms with van der Waals surface area (Å²) < 4.78 is 2.67. The first-order valence-electron chi connectivity index (χ1n) is 6.11. The molecule has 0 fully saturated rings. The molecule has 2 heteroatoms. The monoisotopic (exact) mass is 372 g/mol. The van der Waals surface area contributed by atoms with Crippen LogP contribution in [-0.2, 0) is 0 Å². The van der Waals surface area contributed by atoms with Crippen molar-refractivity contribution in [2.45, 2.75) is 26.7 Å². The van der Waals surface area contributed by atoms with Gasteiger partial charge < -0.3 is 0 Å². The van der Waals surface area contributed by atoms with Gasteiger partial charge in [0.1, 0.15) is 0 Å². The van der Waals surface area contributed by atoms with Crippen molar-refractivity contribution >= 4 is 27.6 Å². The van der Waals surface area contributed by atoms with Gasteiger partial charge in [0.05, 0.1) is 0 Å². The van der Waals surface area contributed by atoms with Gasteiger partial charge in [-0.25, -0.2) is 0 Å². The second kappa shape index (κ2) is 6.07. The maximum atomic E-state index is 6.73. The Morgan fingerprint density at radius 3 is 2.11 bits per heavy atom. The van der Waals surface area contributed by atoms with Crippen molar-refractivity contribution in [3.63, 3.8) is 0 Å². The van der Waals surface area contributed by atoms with Gasteiger partial charge in [0.2, 0.25) is 0 Å². The van der Waals surface area contributed by atoms with Gasteiger partial charge in [-0.15, -0.1) is 0 Å². The van der Waals surface area contributed by atoms with Gasteiger partial charge in [-0.3, -0.25) is 0 Å². The number of benzene rings is 2. The number of hydrogen-bond donors (Lipinski definition) is 0. The van der Waals surface area contributed by atoms with E-state index >= 15 is 0 Å². The zero-order valence-corrected chi connectivity index (χ0v) is 13.9. The molecule has 2 rings (SSSR count). The molecular formula is C16H18ClI. The summed E-state index contributed by atoms with van der Waals surface area (Å²) in [4.78, 5) is 0. The first-order valence-corrected chi connectivity index (χ1v) is 11.0. The van der Waals surface area contributed by atoms with Crippen molar-refractivity contribution < 1.29 is 0 Å². The molecule has 0 N–H and O–H groups in total. The van der Waals surface area contributed by atoms with E-state index in [2.05, 4.69) is 69.3 Å². The second-order valence-electron chi connectivity index (χ2n) is 4.69. The number of rotatable bonds is 3. The Bertz CT molecular complexity index is 517. The summed E-state index contributed by atoms with van der Waals surface area (Å²) in [5.74, 6) is 0.579. The minimum atomic E-state index is -1.73. The van der Waals surface area contributed by atoms with Crippen LogP contribution < -0.4 is 0 Å². The molecule has 2 aromatic rings. The van der Waals surface area contributed by atoms with Crippen LogP contribution in [0.4, 0.5) is 0 Å². The van der Waals surface area contributed by atoms with Crippen molar-refractivity contribution in [1.29, 1.82) is 0 Å². The molecule has 0 aliphatic heterocycles. The number of aryl methyl sites for hydroxylation is 1. The van der Waals surface area contributed by atoms with Crippen LogP contribution in [0.25, 0.3) is 0 Å². The Kier molecular flexibility index (Phi) is 4.68. The molecule has 18 heavy (non-hydrogen) atoms. The van der Waals surface area contributed by atoms with E-state index in [9.17, 15) is 0 Å². The van der Waals surface area contributed by atoms with Crippen LogP contribution >= 0.6 is 27.6 Å². The van der Waals surface area contributed by atoms with Crippen LogP contribution in [0.15, 0.2) is 48.5 Å². The summed E-state index contributed by atoms with van der Waals surface area (Å²) in [6, 6.07) is 17.3. The van der Waals surface area contributed by atoms with Crippen LogP contribution in [0, 0.1) is 14.1 Å². The summed E-state index contributed by atoms with van der Waals surface area (Å²) in [5.41, 5.74) is 2.69. The SMILES string of the molecule is Cc1ccccc1I(Cl)c1ccc(C(C)C)cc1. The van der Waals surface area contributed by atoms with E-state index in [1.165, 1.54) is 18.3 Å². The van der Waals surface area contributed by atoms with Gasteiger partial charge in [-0.05, 0) is 0 Å². The van der Waals surface area contributed by atoms with Gasteiger partial charge in [0, 0.05) is 0 Å². The molecule has 0 aliphatic carbocycles. The molecular weight excluding hydrogens is 355 g/mol. The van der Waals surface area contributed by atoms with Crippen LogP contribution in [0.1, 0.15) is 30.9 Å². The molecule has 0 aromatic heterocycles. The predicted octanol–water partition coefficient (Wildman–Crippen LogP) is 5.82. The van der Waals surface area contributed by atoms with E-state index in [0.29, 0.717) is 5.92 Å². The minimum absolute atomic E-state index is 0.579. The Morgan fingerprint density at radius 2 is 1.56 bits per heavy atom. The van der Waals surface area contributed by atoms with E-state index in [4.69, 9.17) is 8.91 Å². The van der Waals surface area contributed by atoms with Crippen LogP contribution in [0.5, 0.6) is 0 Å². The zero-order valence-electron chi connectivity index (χ0n) is 11.0. The molecule has 0 heterocycles. The third-order valence-electron chi connectivity index (χ3n) is 2.98. The summed E-state index contributed by atoms with van der Waals surface area (Å²) >= 11 is -1.73. The Labute approximate surface area is 120 Å². The average Bonchev–Trinajstić information content (AvgIpc) is 2.38. The van der Waals surface area contributed by atoms with Crippen LogP contribution in [-0.4, -0.2) is 0 Å². The normalized spacial score (nSPS) is 11.7. The molecule has 96 valence electrons. The van der Waals surface area contributed by atoms with Crippen LogP contribution in [0.3, 0.4) is 0 Å². The van der Waals surface area contributed by atoms with E-state index in [1.54, 1.807) is 0 Å². The van der Waals surface area contributed by atoms with E-state index < -0.39 is 18.7 Å². The van der Waals surface area contributed by atoms with Gasteiger partial charge >= 0.3 is 121 Å². The maximum absolute atomic E-state index is 6.73. The average molecular weight is 373 g/mol. The van der Waals surface area contributed by atoms with E-state index in [0.717, 1.165) is 0 Å². The third-order valence-corrected chi connectivity index (χ3v) is 9.17. The Hall–Kier alpha value is -0.540. The summed E-state index contributed by atoms with van der Waals surface area (Å²) in [6.07, 6.45) is 0. The first-order chi connectivity index (χ1) is 8.59. The molecule has 2 aromatic carbocycles. The molecule has 0 radical (unpaired) electrons. The standard InChI is InChI=1S/C16H18ClI/c1-12(2)14-8-10-15(11-9-14)18(17)16-7-5-4-6-13(16)3/h4-12H,1-3H3. The fourth-order valence-electron chi connectivity index (χ4n) is 1.81. The van der Waals surface area contributed by atoms with E-state index in [-0.39, 0.29) is 0 Å². The van der Waals surface area contributed by atoms with Gasteiger partial charge in [-0.1, -0.05) is 0 Å². The van der Waals surface area contributed by atoms with Crippen molar-refractivity contribution in [3.05, 3.63) is 66.8 Å². The Balaban J connectivity index is 2.29. The fourth-order valence-corrected chi connectivity index (χ4v) is 6.64. The molecule has 0 saturated carbocycles. The van der Waals surface area contributed by atoms with Crippen molar-refractivity contribution in [2.75, 3.05) is 0 Å².